The van der Waals surface area contributed by atoms with E-state index in [9.17, 15) is 17.6 Å². The molecule has 1 N–H and O–H groups in total. The van der Waals surface area contributed by atoms with E-state index in [1.165, 1.54) is 6.07 Å². The molecule has 2 heterocycles. The number of benzene rings is 1. The molecular weight excluding hydrogens is 453 g/mol. The molecule has 0 spiro atoms. The summed E-state index contributed by atoms with van der Waals surface area (Å²) in [6.45, 7) is 3.67. The van der Waals surface area contributed by atoms with Gasteiger partial charge in [-0.05, 0) is 40.8 Å². The summed E-state index contributed by atoms with van der Waals surface area (Å²) in [5, 5.41) is 3.29. The molecule has 0 fully saturated rings. The number of hydrogen-bond donors (Lipinski definition) is 1. The molecule has 1 aliphatic heterocycles. The summed E-state index contributed by atoms with van der Waals surface area (Å²) in [4.78, 5) is 4.53. The molecule has 0 amide bonds. The summed E-state index contributed by atoms with van der Waals surface area (Å²) in [5.41, 5.74) is -0.351. The summed E-state index contributed by atoms with van der Waals surface area (Å²) in [5.74, 6) is -0.346. The fourth-order valence-electron chi connectivity index (χ4n) is 2.91. The number of fused-ring (bicyclic) bond motifs is 1. The average Bonchev–Trinajstić information content (AvgIpc) is 2.90. The van der Waals surface area contributed by atoms with Gasteiger partial charge in [0.2, 0.25) is 0 Å². The average molecular weight is 469 g/mol. The van der Waals surface area contributed by atoms with Gasteiger partial charge in [-0.25, -0.2) is 9.37 Å². The molecule has 2 aromatic rings. The van der Waals surface area contributed by atoms with Crippen molar-refractivity contribution >= 4 is 22.6 Å². The molecule has 136 valence electrons. The van der Waals surface area contributed by atoms with Crippen LogP contribution in [0.5, 0.6) is 5.75 Å². The van der Waals surface area contributed by atoms with E-state index >= 15 is 0 Å². The molecule has 3 rings (SSSR count). The smallest absolute Gasteiger partial charge is 0.419 e. The van der Waals surface area contributed by atoms with Crippen LogP contribution < -0.4 is 10.1 Å². The first-order chi connectivity index (χ1) is 11.8. The maximum atomic E-state index is 13.4. The predicted molar refractivity (Wildman–Crippen MR) is 92.0 cm³/mol. The molecule has 1 aromatic heterocycles. The van der Waals surface area contributed by atoms with E-state index in [-0.39, 0.29) is 18.4 Å². The molecule has 4 nitrogen and oxygen atoms in total. The lowest BCUT2D eigenvalue weighted by molar-refractivity contribution is -0.140. The monoisotopic (exact) mass is 469 g/mol. The fourth-order valence-corrected chi connectivity index (χ4v) is 3.85. The molecule has 0 saturated heterocycles. The molecule has 0 aliphatic carbocycles. The van der Waals surface area contributed by atoms with Crippen LogP contribution in [0.2, 0.25) is 0 Å². The van der Waals surface area contributed by atoms with E-state index in [2.05, 4.69) is 37.5 Å². The quantitative estimate of drug-likeness (QED) is 0.545. The molecule has 0 saturated carbocycles. The number of nitrogens with one attached hydrogen (secondary N) is 1. The Morgan fingerprint density at radius 1 is 1.40 bits per heavy atom. The van der Waals surface area contributed by atoms with Crippen LogP contribution in [0.25, 0.3) is 0 Å². The van der Waals surface area contributed by atoms with Crippen LogP contribution in [-0.2, 0) is 19.1 Å². The lowest BCUT2D eigenvalue weighted by atomic mass is 10.1. The summed E-state index contributed by atoms with van der Waals surface area (Å²) >= 11 is 2.15. The van der Waals surface area contributed by atoms with Gasteiger partial charge in [0, 0.05) is 19.5 Å². The van der Waals surface area contributed by atoms with Crippen molar-refractivity contribution in [1.29, 1.82) is 0 Å². The Kier molecular flexibility index (Phi) is 5.24. The molecule has 1 atom stereocenters. The van der Waals surface area contributed by atoms with Gasteiger partial charge in [0.15, 0.2) is 0 Å². The minimum absolute atomic E-state index is 0.0158. The van der Waals surface area contributed by atoms with Gasteiger partial charge in [0.1, 0.15) is 27.7 Å². The third-order valence-electron chi connectivity index (χ3n) is 4.07. The van der Waals surface area contributed by atoms with Crippen LogP contribution in [0.3, 0.4) is 0 Å². The van der Waals surface area contributed by atoms with Crippen molar-refractivity contribution in [1.82, 2.24) is 14.9 Å². The highest BCUT2D eigenvalue weighted by Gasteiger charge is 2.34. The number of halogens is 5. The standard InChI is InChI=1S/C16H16F4IN3O/c1-2-13-23-15(21)14-12(22-5-6-24(13)14)8-25-9-3-4-11(17)10(7-9)16(18,19)20/h3-4,7,12,22H,2,5-6,8H2,1H3. The first-order valence-electron chi connectivity index (χ1n) is 7.79. The second-order valence-electron chi connectivity index (χ2n) is 5.67. The van der Waals surface area contributed by atoms with Crippen LogP contribution >= 0.6 is 22.6 Å². The summed E-state index contributed by atoms with van der Waals surface area (Å²) in [7, 11) is 0. The zero-order valence-corrected chi connectivity index (χ0v) is 15.5. The van der Waals surface area contributed by atoms with Gasteiger partial charge in [-0.3, -0.25) is 0 Å². The van der Waals surface area contributed by atoms with Crippen molar-refractivity contribution < 1.29 is 22.3 Å². The number of hydrogen-bond acceptors (Lipinski definition) is 3. The van der Waals surface area contributed by atoms with Crippen molar-refractivity contribution in [3.63, 3.8) is 0 Å². The van der Waals surface area contributed by atoms with Crippen LogP contribution in [0.4, 0.5) is 17.6 Å². The van der Waals surface area contributed by atoms with Gasteiger partial charge in [-0.2, -0.15) is 13.2 Å². The highest BCUT2D eigenvalue weighted by Crippen LogP contribution is 2.34. The SMILES string of the molecule is CCc1nc(I)c2n1CCNC2COc1ccc(F)c(C(F)(F)F)c1. The van der Waals surface area contributed by atoms with E-state index in [0.29, 0.717) is 6.07 Å². The second kappa shape index (κ2) is 7.10. The van der Waals surface area contributed by atoms with Crippen LogP contribution in [0.1, 0.15) is 30.0 Å². The molecule has 0 bridgehead atoms. The molecule has 9 heteroatoms. The Bertz CT molecular complexity index is 775. The highest BCUT2D eigenvalue weighted by atomic mass is 127. The fraction of sp³-hybridized carbons (Fsp3) is 0.438. The molecule has 1 unspecified atom stereocenters. The zero-order chi connectivity index (χ0) is 18.2. The largest absolute Gasteiger partial charge is 0.492 e. The van der Waals surface area contributed by atoms with Gasteiger partial charge in [0.25, 0.3) is 0 Å². The first kappa shape index (κ1) is 18.4. The van der Waals surface area contributed by atoms with E-state index in [1.54, 1.807) is 0 Å². The summed E-state index contributed by atoms with van der Waals surface area (Å²) < 4.78 is 60.2. The van der Waals surface area contributed by atoms with E-state index in [0.717, 1.165) is 40.8 Å². The third-order valence-corrected chi connectivity index (χ3v) is 4.87. The number of nitrogens with zero attached hydrogens (tertiary/aromatic N) is 2. The Labute approximate surface area is 155 Å². The van der Waals surface area contributed by atoms with Crippen LogP contribution in [-0.4, -0.2) is 22.7 Å². The van der Waals surface area contributed by atoms with Crippen molar-refractivity contribution in [3.8, 4) is 5.75 Å². The van der Waals surface area contributed by atoms with Crippen molar-refractivity contribution in [2.75, 3.05) is 13.2 Å². The topological polar surface area (TPSA) is 39.1 Å². The predicted octanol–water partition coefficient (Wildman–Crippen LogP) is 3.93. The van der Waals surface area contributed by atoms with Crippen molar-refractivity contribution in [2.45, 2.75) is 32.1 Å². The van der Waals surface area contributed by atoms with Gasteiger partial charge >= 0.3 is 6.18 Å². The Hall–Kier alpha value is -1.36. The van der Waals surface area contributed by atoms with Crippen molar-refractivity contribution in [3.05, 3.63) is 44.8 Å². The van der Waals surface area contributed by atoms with E-state index < -0.39 is 17.6 Å². The van der Waals surface area contributed by atoms with Crippen molar-refractivity contribution in [2.24, 2.45) is 0 Å². The Balaban J connectivity index is 1.79. The Morgan fingerprint density at radius 3 is 2.84 bits per heavy atom. The molecular formula is C16H16F4IN3O. The third kappa shape index (κ3) is 3.76. The number of aromatic nitrogens is 2. The van der Waals surface area contributed by atoms with Gasteiger partial charge in [-0.1, -0.05) is 6.92 Å². The normalized spacial score (nSPS) is 17.4. The van der Waals surface area contributed by atoms with Gasteiger partial charge in [0.05, 0.1) is 17.3 Å². The molecule has 1 aliphatic rings. The van der Waals surface area contributed by atoms with E-state index in [4.69, 9.17) is 4.74 Å². The Morgan fingerprint density at radius 2 is 2.16 bits per heavy atom. The number of alkyl halides is 3. The lowest BCUT2D eigenvalue weighted by Crippen LogP contribution is -2.37. The molecule has 0 radical (unpaired) electrons. The van der Waals surface area contributed by atoms with Gasteiger partial charge in [-0.15, -0.1) is 0 Å². The maximum Gasteiger partial charge on any atom is 0.419 e. The molecule has 1 aromatic carbocycles. The highest BCUT2D eigenvalue weighted by molar-refractivity contribution is 14.1. The first-order valence-corrected chi connectivity index (χ1v) is 8.86. The summed E-state index contributed by atoms with van der Waals surface area (Å²) in [6.07, 6.45) is -3.95. The molecule has 25 heavy (non-hydrogen) atoms. The number of rotatable bonds is 4. The van der Waals surface area contributed by atoms with E-state index in [1.807, 2.05) is 6.92 Å². The minimum Gasteiger partial charge on any atom is -0.492 e. The minimum atomic E-state index is -4.75. The zero-order valence-electron chi connectivity index (χ0n) is 13.3. The van der Waals surface area contributed by atoms with Crippen LogP contribution in [0.15, 0.2) is 18.2 Å². The lowest BCUT2D eigenvalue weighted by Gasteiger charge is -2.27. The number of aryl methyl sites for hydroxylation is 1. The summed E-state index contributed by atoms with van der Waals surface area (Å²) in [6, 6.07) is 2.48. The number of ether oxygens (including phenoxy) is 1. The number of imidazole rings is 1. The maximum absolute atomic E-state index is 13.4. The second-order valence-corrected chi connectivity index (χ2v) is 6.69. The van der Waals surface area contributed by atoms with Crippen LogP contribution in [0, 0.1) is 9.52 Å². The van der Waals surface area contributed by atoms with Gasteiger partial charge < -0.3 is 14.6 Å².